The fourth-order valence-corrected chi connectivity index (χ4v) is 1.92. The minimum atomic E-state index is -1.47. The summed E-state index contributed by atoms with van der Waals surface area (Å²) in [7, 11) is 0. The molecule has 4 nitrogen and oxygen atoms in total. The first-order valence-electron chi connectivity index (χ1n) is 7.33. The first-order chi connectivity index (χ1) is 8.52. The van der Waals surface area contributed by atoms with Gasteiger partial charge < -0.3 is 10.2 Å². The molecule has 0 saturated carbocycles. The van der Waals surface area contributed by atoms with Crippen LogP contribution < -0.4 is 0 Å². The molecule has 122 valence electrons. The second-order valence-electron chi connectivity index (χ2n) is 8.45. The van der Waals surface area contributed by atoms with Crippen LogP contribution in [0.15, 0.2) is 0 Å². The zero-order chi connectivity index (χ0) is 16.6. The van der Waals surface area contributed by atoms with Gasteiger partial charge in [-0.3, -0.25) is 0 Å². The summed E-state index contributed by atoms with van der Waals surface area (Å²) < 4.78 is 0. The third-order valence-electron chi connectivity index (χ3n) is 4.58. The standard InChI is InChI=1S/C16H34O4/c1-11(13(3,4)5)15(9,17)19-20-16(10,18)12(2)14(6,7)8/h11-12,17-18H,1-10H3. The van der Waals surface area contributed by atoms with Gasteiger partial charge in [-0.2, -0.15) is 9.78 Å². The van der Waals surface area contributed by atoms with Gasteiger partial charge in [-0.1, -0.05) is 55.4 Å². The van der Waals surface area contributed by atoms with Crippen molar-refractivity contribution >= 4 is 0 Å². The van der Waals surface area contributed by atoms with Crippen LogP contribution in [0.3, 0.4) is 0 Å². The minimum Gasteiger partial charge on any atom is -0.363 e. The number of hydrogen-bond donors (Lipinski definition) is 2. The molecule has 0 aromatic carbocycles. The maximum absolute atomic E-state index is 10.4. The Hall–Kier alpha value is -0.160. The molecule has 0 rings (SSSR count). The first kappa shape index (κ1) is 19.8. The Morgan fingerprint density at radius 2 is 0.800 bits per heavy atom. The van der Waals surface area contributed by atoms with E-state index >= 15 is 0 Å². The third-order valence-corrected chi connectivity index (χ3v) is 4.58. The molecular formula is C16H34O4. The maximum atomic E-state index is 10.4. The van der Waals surface area contributed by atoms with E-state index in [4.69, 9.17) is 9.78 Å². The van der Waals surface area contributed by atoms with Crippen molar-refractivity contribution in [2.24, 2.45) is 22.7 Å². The SMILES string of the molecule is CC(C(C)(C)C)C(C)(O)OOC(C)(O)C(C)C(C)(C)C. The fourth-order valence-electron chi connectivity index (χ4n) is 1.92. The highest BCUT2D eigenvalue weighted by atomic mass is 17.2. The lowest BCUT2D eigenvalue weighted by Gasteiger charge is -2.42. The van der Waals surface area contributed by atoms with Crippen molar-refractivity contribution in [3.05, 3.63) is 0 Å². The van der Waals surface area contributed by atoms with Gasteiger partial charge in [0, 0.05) is 11.8 Å². The predicted molar refractivity (Wildman–Crippen MR) is 80.7 cm³/mol. The lowest BCUT2D eigenvalue weighted by Crippen LogP contribution is -2.48. The van der Waals surface area contributed by atoms with E-state index in [0.717, 1.165) is 0 Å². The summed E-state index contributed by atoms with van der Waals surface area (Å²) in [6.45, 7) is 19.0. The zero-order valence-corrected chi connectivity index (χ0v) is 14.9. The van der Waals surface area contributed by atoms with Crippen molar-refractivity contribution in [1.29, 1.82) is 0 Å². The van der Waals surface area contributed by atoms with Crippen LogP contribution in [0.4, 0.5) is 0 Å². The van der Waals surface area contributed by atoms with Crippen molar-refractivity contribution < 1.29 is 20.0 Å². The van der Waals surface area contributed by atoms with E-state index in [-0.39, 0.29) is 22.7 Å². The summed E-state index contributed by atoms with van der Waals surface area (Å²) in [5, 5.41) is 20.8. The van der Waals surface area contributed by atoms with Gasteiger partial charge in [0.05, 0.1) is 0 Å². The Kier molecular flexibility index (Phi) is 5.87. The molecular weight excluding hydrogens is 256 g/mol. The van der Waals surface area contributed by atoms with Crippen molar-refractivity contribution in [2.45, 2.75) is 80.8 Å². The molecule has 0 amide bonds. The van der Waals surface area contributed by atoms with E-state index < -0.39 is 11.6 Å². The summed E-state index contributed by atoms with van der Waals surface area (Å²) in [5.41, 5.74) is -0.289. The molecule has 4 heteroatoms. The second kappa shape index (κ2) is 5.91. The highest BCUT2D eigenvalue weighted by Crippen LogP contribution is 2.39. The Labute approximate surface area is 124 Å². The summed E-state index contributed by atoms with van der Waals surface area (Å²) >= 11 is 0. The van der Waals surface area contributed by atoms with Gasteiger partial charge in [0.15, 0.2) is 11.6 Å². The van der Waals surface area contributed by atoms with E-state index in [1.165, 1.54) is 0 Å². The van der Waals surface area contributed by atoms with Gasteiger partial charge in [0.2, 0.25) is 0 Å². The Morgan fingerprint density at radius 1 is 0.600 bits per heavy atom. The molecule has 20 heavy (non-hydrogen) atoms. The summed E-state index contributed by atoms with van der Waals surface area (Å²) in [6.07, 6.45) is 0. The Bertz CT molecular complexity index is 275. The highest BCUT2D eigenvalue weighted by molar-refractivity contribution is 4.81. The van der Waals surface area contributed by atoms with Gasteiger partial charge in [0.25, 0.3) is 0 Å². The predicted octanol–water partition coefficient (Wildman–Crippen LogP) is 3.72. The second-order valence-corrected chi connectivity index (χ2v) is 8.45. The Balaban J connectivity index is 4.84. The van der Waals surface area contributed by atoms with Crippen molar-refractivity contribution in [3.63, 3.8) is 0 Å². The molecule has 4 atom stereocenters. The molecule has 4 unspecified atom stereocenters. The maximum Gasteiger partial charge on any atom is 0.199 e. The van der Waals surface area contributed by atoms with E-state index in [0.29, 0.717) is 0 Å². The highest BCUT2D eigenvalue weighted by Gasteiger charge is 2.43. The van der Waals surface area contributed by atoms with Crippen LogP contribution >= 0.6 is 0 Å². The van der Waals surface area contributed by atoms with Crippen LogP contribution in [0, 0.1) is 22.7 Å². The smallest absolute Gasteiger partial charge is 0.199 e. The Morgan fingerprint density at radius 3 is 0.950 bits per heavy atom. The number of hydrogen-bond acceptors (Lipinski definition) is 4. The van der Waals surface area contributed by atoms with Crippen molar-refractivity contribution in [2.75, 3.05) is 0 Å². The van der Waals surface area contributed by atoms with Crippen LogP contribution in [0.5, 0.6) is 0 Å². The molecule has 0 aromatic rings. The molecule has 0 heterocycles. The third kappa shape index (κ3) is 5.32. The molecule has 0 fully saturated rings. The monoisotopic (exact) mass is 290 g/mol. The molecule has 0 spiro atoms. The van der Waals surface area contributed by atoms with Gasteiger partial charge in [-0.15, -0.1) is 0 Å². The number of aliphatic hydroxyl groups is 2. The van der Waals surface area contributed by atoms with Crippen LogP contribution in [0.2, 0.25) is 0 Å². The summed E-state index contributed by atoms with van der Waals surface area (Å²) in [5.74, 6) is -3.29. The average Bonchev–Trinajstić information content (AvgIpc) is 2.22. The molecule has 0 aromatic heterocycles. The van der Waals surface area contributed by atoms with E-state index in [2.05, 4.69) is 0 Å². The molecule has 0 saturated heterocycles. The fraction of sp³-hybridized carbons (Fsp3) is 1.00. The topological polar surface area (TPSA) is 58.9 Å². The molecule has 0 aliphatic heterocycles. The van der Waals surface area contributed by atoms with Crippen LogP contribution in [-0.2, 0) is 9.78 Å². The average molecular weight is 290 g/mol. The van der Waals surface area contributed by atoms with Crippen molar-refractivity contribution in [3.8, 4) is 0 Å². The van der Waals surface area contributed by atoms with E-state index in [9.17, 15) is 10.2 Å². The zero-order valence-electron chi connectivity index (χ0n) is 14.9. The van der Waals surface area contributed by atoms with Crippen LogP contribution in [0.25, 0.3) is 0 Å². The summed E-state index contributed by atoms with van der Waals surface area (Å²) in [6, 6.07) is 0. The minimum absolute atomic E-state index is 0.144. The van der Waals surface area contributed by atoms with E-state index in [1.54, 1.807) is 13.8 Å². The largest absolute Gasteiger partial charge is 0.363 e. The molecule has 2 N–H and O–H groups in total. The van der Waals surface area contributed by atoms with E-state index in [1.807, 2.05) is 55.4 Å². The lowest BCUT2D eigenvalue weighted by molar-refractivity contribution is -0.509. The number of rotatable bonds is 5. The quantitative estimate of drug-likeness (QED) is 0.460. The first-order valence-corrected chi connectivity index (χ1v) is 7.33. The summed E-state index contributed by atoms with van der Waals surface area (Å²) in [4.78, 5) is 10.4. The van der Waals surface area contributed by atoms with Gasteiger partial charge in [-0.05, 0) is 24.7 Å². The van der Waals surface area contributed by atoms with Crippen LogP contribution in [0.1, 0.15) is 69.2 Å². The normalized spacial score (nSPS) is 22.8. The molecule has 0 aliphatic rings. The van der Waals surface area contributed by atoms with Crippen LogP contribution in [-0.4, -0.2) is 21.8 Å². The molecule has 0 radical (unpaired) electrons. The lowest BCUT2D eigenvalue weighted by atomic mass is 9.77. The molecule has 0 bridgehead atoms. The van der Waals surface area contributed by atoms with Gasteiger partial charge >= 0.3 is 0 Å². The van der Waals surface area contributed by atoms with Gasteiger partial charge in [0.1, 0.15) is 0 Å². The van der Waals surface area contributed by atoms with Crippen molar-refractivity contribution in [1.82, 2.24) is 0 Å². The van der Waals surface area contributed by atoms with Gasteiger partial charge in [-0.25, -0.2) is 0 Å². The molecule has 0 aliphatic carbocycles.